The van der Waals surface area contributed by atoms with Crippen LogP contribution in [0, 0.1) is 0 Å². The fourth-order valence-corrected chi connectivity index (χ4v) is 4.95. The third-order valence-electron chi connectivity index (χ3n) is 6.96. The molecule has 0 aliphatic heterocycles. The number of para-hydroxylation sites is 2. The molecule has 0 aliphatic rings. The molecular weight excluding hydrogens is 740 g/mol. The number of rotatable bonds is 27. The molecule has 2 rings (SSSR count). The number of carbonyl (C=O) groups is 6. The van der Waals surface area contributed by atoms with E-state index in [9.17, 15) is 28.8 Å². The Bertz CT molecular complexity index is 1430. The lowest BCUT2D eigenvalue weighted by Crippen LogP contribution is -2.37. The summed E-state index contributed by atoms with van der Waals surface area (Å²) in [4.78, 5) is 77.9. The van der Waals surface area contributed by atoms with Crippen molar-refractivity contribution >= 4 is 47.2 Å². The molecule has 0 atom stereocenters. The topological polar surface area (TPSA) is 201 Å². The number of esters is 6. The summed E-state index contributed by atoms with van der Waals surface area (Å²) in [6.07, 6.45) is 0. The Morgan fingerprint density at radius 3 is 0.911 bits per heavy atom. The summed E-state index contributed by atoms with van der Waals surface area (Å²) >= 11 is 0. The summed E-state index contributed by atoms with van der Waals surface area (Å²) < 4.78 is 54.4. The van der Waals surface area contributed by atoms with Gasteiger partial charge in [-0.25, -0.2) is 9.59 Å². The van der Waals surface area contributed by atoms with Gasteiger partial charge in [0.15, 0.2) is 13.2 Å². The summed E-state index contributed by atoms with van der Waals surface area (Å²) in [7, 11) is 0. The first-order chi connectivity index (χ1) is 27.0. The molecule has 0 N–H and O–H groups in total. The maximum absolute atomic E-state index is 12.7. The highest BCUT2D eigenvalue weighted by atomic mass is 16.6. The fourth-order valence-electron chi connectivity index (χ4n) is 4.95. The highest BCUT2D eigenvalue weighted by Gasteiger charge is 2.27. The molecule has 2 aromatic rings. The van der Waals surface area contributed by atoms with Gasteiger partial charge < -0.3 is 57.2 Å². The van der Waals surface area contributed by atoms with E-state index in [1.54, 1.807) is 65.8 Å². The minimum absolute atomic E-state index is 0.0852. The Balaban J connectivity index is 2.52. The zero-order valence-electron chi connectivity index (χ0n) is 32.8. The lowest BCUT2D eigenvalue weighted by atomic mass is 10.2. The third-order valence-corrected chi connectivity index (χ3v) is 6.96. The Labute approximate surface area is 326 Å². The maximum Gasteiger partial charge on any atom is 0.344 e. The number of hydrogen-bond acceptors (Lipinski definition) is 18. The molecular formula is C38H52N2O16. The zero-order valence-corrected chi connectivity index (χ0v) is 32.8. The van der Waals surface area contributed by atoms with Gasteiger partial charge in [-0.3, -0.25) is 19.2 Å². The first kappa shape index (κ1) is 46.2. The summed E-state index contributed by atoms with van der Waals surface area (Å²) in [5, 5.41) is 0. The average molecular weight is 793 g/mol. The lowest BCUT2D eigenvalue weighted by Gasteiger charge is -2.28. The van der Waals surface area contributed by atoms with Gasteiger partial charge in [0, 0.05) is 0 Å². The highest BCUT2D eigenvalue weighted by molar-refractivity contribution is 5.86. The van der Waals surface area contributed by atoms with Crippen molar-refractivity contribution in [2.45, 2.75) is 41.5 Å². The molecule has 0 heterocycles. The molecule has 2 aromatic carbocycles. The van der Waals surface area contributed by atoms with E-state index in [1.807, 2.05) is 0 Å². The molecule has 0 bridgehead atoms. The predicted molar refractivity (Wildman–Crippen MR) is 199 cm³/mol. The van der Waals surface area contributed by atoms with Crippen molar-refractivity contribution in [1.82, 2.24) is 0 Å². The number of hydrogen-bond donors (Lipinski definition) is 0. The fraction of sp³-hybridized carbons (Fsp3) is 0.526. The molecule has 0 aliphatic carbocycles. The Hall–Kier alpha value is -5.94. The van der Waals surface area contributed by atoms with Gasteiger partial charge in [0.05, 0.1) is 39.6 Å². The van der Waals surface area contributed by atoms with Gasteiger partial charge in [-0.15, -0.1) is 0 Å². The monoisotopic (exact) mass is 792 g/mol. The zero-order chi connectivity index (χ0) is 41.3. The van der Waals surface area contributed by atoms with Crippen LogP contribution in [0.3, 0.4) is 0 Å². The van der Waals surface area contributed by atoms with Crippen LogP contribution < -0.4 is 28.7 Å². The lowest BCUT2D eigenvalue weighted by molar-refractivity contribution is -0.146. The largest absolute Gasteiger partial charge is 0.488 e. The molecule has 0 unspecified atom stereocenters. The Kier molecular flexibility index (Phi) is 21.4. The molecule has 310 valence electrons. The molecule has 0 fully saturated rings. The standard InChI is InChI=1S/C38H52N2O16/c1-7-47-31(41)21-39(22-32(42)48-8-2)37-27(15-13-17-29(37)55-25-35(45)51-11-5)53-19-20-54-28-16-14-18-30(56-26-36(46)52-12-6)38(28)40(23-33(43)49-9-3)24-34(44)50-10-4/h13-18H,7-12,19-26H2,1-6H3. The van der Waals surface area contributed by atoms with Crippen LogP contribution in [0.1, 0.15) is 41.5 Å². The van der Waals surface area contributed by atoms with E-state index >= 15 is 0 Å². The van der Waals surface area contributed by atoms with Crippen molar-refractivity contribution in [3.05, 3.63) is 36.4 Å². The molecule has 0 spiro atoms. The number of ether oxygens (including phenoxy) is 10. The summed E-state index contributed by atoms with van der Waals surface area (Å²) in [5.74, 6) is -3.45. The number of carbonyl (C=O) groups excluding carboxylic acids is 6. The summed E-state index contributed by atoms with van der Waals surface area (Å²) in [5.41, 5.74) is 0.283. The molecule has 0 aromatic heterocycles. The van der Waals surface area contributed by atoms with Gasteiger partial charge in [-0.05, 0) is 65.8 Å². The van der Waals surface area contributed by atoms with E-state index < -0.39 is 75.2 Å². The maximum atomic E-state index is 12.7. The second kappa shape index (κ2) is 26.0. The molecule has 0 amide bonds. The van der Waals surface area contributed by atoms with Gasteiger partial charge in [0.1, 0.15) is 73.8 Å². The van der Waals surface area contributed by atoms with Gasteiger partial charge in [0.2, 0.25) is 0 Å². The molecule has 56 heavy (non-hydrogen) atoms. The average Bonchev–Trinajstić information content (AvgIpc) is 3.15. The Morgan fingerprint density at radius 1 is 0.393 bits per heavy atom. The van der Waals surface area contributed by atoms with Crippen LogP contribution >= 0.6 is 0 Å². The van der Waals surface area contributed by atoms with Gasteiger partial charge >= 0.3 is 35.8 Å². The Morgan fingerprint density at radius 2 is 0.643 bits per heavy atom. The molecule has 0 saturated carbocycles. The molecule has 18 nitrogen and oxygen atoms in total. The minimum Gasteiger partial charge on any atom is -0.488 e. The van der Waals surface area contributed by atoms with E-state index in [0.29, 0.717) is 0 Å². The molecule has 18 heteroatoms. The predicted octanol–water partition coefficient (Wildman–Crippen LogP) is 2.89. The second-order valence-corrected chi connectivity index (χ2v) is 11.0. The van der Waals surface area contributed by atoms with Crippen molar-refractivity contribution < 1.29 is 76.1 Å². The van der Waals surface area contributed by atoms with Crippen LogP contribution in [0.2, 0.25) is 0 Å². The van der Waals surface area contributed by atoms with Crippen molar-refractivity contribution in [2.24, 2.45) is 0 Å². The van der Waals surface area contributed by atoms with E-state index in [2.05, 4.69) is 0 Å². The minimum atomic E-state index is -0.654. The van der Waals surface area contributed by atoms with Crippen molar-refractivity contribution in [3.63, 3.8) is 0 Å². The van der Waals surface area contributed by atoms with E-state index in [4.69, 9.17) is 47.4 Å². The van der Waals surface area contributed by atoms with Gasteiger partial charge in [-0.2, -0.15) is 0 Å². The van der Waals surface area contributed by atoms with E-state index in [0.717, 1.165) is 0 Å². The van der Waals surface area contributed by atoms with Gasteiger partial charge in [0.25, 0.3) is 0 Å². The van der Waals surface area contributed by atoms with Crippen LogP contribution in [0.5, 0.6) is 23.0 Å². The summed E-state index contributed by atoms with van der Waals surface area (Å²) in [6.45, 7) is 7.56. The summed E-state index contributed by atoms with van der Waals surface area (Å²) in [6, 6.07) is 9.33. The van der Waals surface area contributed by atoms with E-state index in [1.165, 1.54) is 21.9 Å². The third kappa shape index (κ3) is 16.2. The highest BCUT2D eigenvalue weighted by Crippen LogP contribution is 2.40. The van der Waals surface area contributed by atoms with Crippen LogP contribution in [0.4, 0.5) is 11.4 Å². The van der Waals surface area contributed by atoms with Gasteiger partial charge in [-0.1, -0.05) is 12.1 Å². The van der Waals surface area contributed by atoms with Crippen LogP contribution in [0.25, 0.3) is 0 Å². The van der Waals surface area contributed by atoms with Crippen LogP contribution in [-0.2, 0) is 57.2 Å². The first-order valence-corrected chi connectivity index (χ1v) is 18.2. The van der Waals surface area contributed by atoms with Crippen molar-refractivity contribution in [3.8, 4) is 23.0 Å². The smallest absolute Gasteiger partial charge is 0.344 e. The van der Waals surface area contributed by atoms with Crippen LogP contribution in [0.15, 0.2) is 36.4 Å². The van der Waals surface area contributed by atoms with Crippen LogP contribution in [-0.4, -0.2) is 128 Å². The molecule has 0 radical (unpaired) electrons. The normalized spacial score (nSPS) is 10.3. The number of nitrogens with zero attached hydrogens (tertiary/aromatic N) is 2. The molecule has 0 saturated heterocycles. The number of benzene rings is 2. The first-order valence-electron chi connectivity index (χ1n) is 18.2. The van der Waals surface area contributed by atoms with E-state index in [-0.39, 0.29) is 87.2 Å². The van der Waals surface area contributed by atoms with Crippen molar-refractivity contribution in [2.75, 3.05) is 102 Å². The van der Waals surface area contributed by atoms with Crippen molar-refractivity contribution in [1.29, 1.82) is 0 Å². The number of anilines is 2. The SMILES string of the molecule is CCOC(=O)COc1cccc(OCCOc2cccc(OCC(=O)OCC)c2N(CC(=O)OCC)CC(=O)OCC)c1N(CC(=O)OCC)CC(=O)OCC. The second-order valence-electron chi connectivity index (χ2n) is 11.0. The quantitative estimate of drug-likeness (QED) is 0.0725.